The lowest BCUT2D eigenvalue weighted by Gasteiger charge is -2.06. The van der Waals surface area contributed by atoms with E-state index in [-0.39, 0.29) is 28.7 Å². The van der Waals surface area contributed by atoms with Crippen LogP contribution in [0, 0.1) is 10.1 Å². The van der Waals surface area contributed by atoms with Gasteiger partial charge in [-0.05, 0) is 48.6 Å². The van der Waals surface area contributed by atoms with Crippen LogP contribution in [0.2, 0.25) is 0 Å². The van der Waals surface area contributed by atoms with Crippen LogP contribution in [0.5, 0.6) is 5.75 Å². The van der Waals surface area contributed by atoms with Gasteiger partial charge in [0, 0.05) is 30.6 Å². The van der Waals surface area contributed by atoms with E-state index in [0.29, 0.717) is 42.1 Å². The molecular weight excluding hydrogens is 446 g/mol. The number of hydrogen-bond acceptors (Lipinski definition) is 6. The Labute approximate surface area is 194 Å². The maximum Gasteiger partial charge on any atom is 0.314 e. The molecule has 2 heterocycles. The van der Waals surface area contributed by atoms with Crippen LogP contribution in [0.4, 0.5) is 10.5 Å². The van der Waals surface area contributed by atoms with E-state index in [4.69, 9.17) is 4.74 Å². The lowest BCUT2D eigenvalue weighted by atomic mass is 10.1. The number of amides is 3. The first-order valence-electron chi connectivity index (χ1n) is 10.3. The quantitative estimate of drug-likeness (QED) is 0.203. The zero-order valence-electron chi connectivity index (χ0n) is 18.3. The summed E-state index contributed by atoms with van der Waals surface area (Å²) in [6.07, 6.45) is 1.31. The monoisotopic (exact) mass is 471 g/mol. The van der Waals surface area contributed by atoms with Gasteiger partial charge in [-0.25, -0.2) is 4.79 Å². The van der Waals surface area contributed by atoms with Gasteiger partial charge in [0.05, 0.1) is 12.0 Å². The molecule has 2 aromatic heterocycles. The summed E-state index contributed by atoms with van der Waals surface area (Å²) < 4.78 is 5.17. The highest BCUT2D eigenvalue weighted by molar-refractivity contribution is 7.13. The van der Waals surface area contributed by atoms with E-state index in [1.165, 1.54) is 25.5 Å². The second-order valence-electron chi connectivity index (χ2n) is 7.03. The second kappa shape index (κ2) is 11.1. The molecule has 0 saturated carbocycles. The smallest absolute Gasteiger partial charge is 0.314 e. The predicted octanol–water partition coefficient (Wildman–Crippen LogP) is 3.77. The zero-order valence-corrected chi connectivity index (χ0v) is 19.1. The van der Waals surface area contributed by atoms with Crippen LogP contribution in [0.15, 0.2) is 41.8 Å². The molecule has 11 heteroatoms. The van der Waals surface area contributed by atoms with Gasteiger partial charge in [-0.3, -0.25) is 14.9 Å². The van der Waals surface area contributed by atoms with Crippen molar-refractivity contribution in [2.75, 3.05) is 27.2 Å². The molecule has 0 aliphatic heterocycles. The first kappa shape index (κ1) is 23.8. The van der Waals surface area contributed by atoms with Crippen LogP contribution >= 0.6 is 11.3 Å². The van der Waals surface area contributed by atoms with Crippen LogP contribution in [-0.2, 0) is 0 Å². The molecule has 33 heavy (non-hydrogen) atoms. The van der Waals surface area contributed by atoms with Crippen LogP contribution in [0.3, 0.4) is 0 Å². The van der Waals surface area contributed by atoms with E-state index in [1.54, 1.807) is 41.8 Å². The van der Waals surface area contributed by atoms with E-state index in [0.717, 1.165) is 0 Å². The van der Waals surface area contributed by atoms with Crippen molar-refractivity contribution in [2.45, 2.75) is 12.8 Å². The molecule has 10 nitrogen and oxygen atoms in total. The Balaban J connectivity index is 1.86. The van der Waals surface area contributed by atoms with Crippen molar-refractivity contribution in [1.29, 1.82) is 0 Å². The highest BCUT2D eigenvalue weighted by Crippen LogP contribution is 2.43. The van der Waals surface area contributed by atoms with Crippen molar-refractivity contribution in [1.82, 2.24) is 20.9 Å². The van der Waals surface area contributed by atoms with E-state index < -0.39 is 10.8 Å². The summed E-state index contributed by atoms with van der Waals surface area (Å²) in [6, 6.07) is 10.1. The number of aromatic nitrogens is 1. The Hall–Kier alpha value is -3.86. The van der Waals surface area contributed by atoms with Crippen molar-refractivity contribution in [3.05, 3.63) is 57.6 Å². The summed E-state index contributed by atoms with van der Waals surface area (Å²) in [4.78, 5) is 39.4. The fourth-order valence-electron chi connectivity index (χ4n) is 3.30. The van der Waals surface area contributed by atoms with Gasteiger partial charge < -0.3 is 25.7 Å². The molecule has 0 atom stereocenters. The number of carbonyl (C=O) groups excluding carboxylic acids is 2. The summed E-state index contributed by atoms with van der Waals surface area (Å²) in [5.41, 5.74) is 1.08. The van der Waals surface area contributed by atoms with Crippen LogP contribution in [-0.4, -0.2) is 49.1 Å². The topological polar surface area (TPSA) is 138 Å². The third-order valence-electron chi connectivity index (χ3n) is 4.93. The maximum atomic E-state index is 13.0. The average Bonchev–Trinajstić information content (AvgIpc) is 3.49. The van der Waals surface area contributed by atoms with E-state index >= 15 is 0 Å². The minimum Gasteiger partial charge on any atom is -0.497 e. The van der Waals surface area contributed by atoms with E-state index in [2.05, 4.69) is 20.9 Å². The van der Waals surface area contributed by atoms with Gasteiger partial charge in [-0.2, -0.15) is 0 Å². The molecule has 4 N–H and O–H groups in total. The van der Waals surface area contributed by atoms with Crippen molar-refractivity contribution >= 4 is 29.0 Å². The number of methoxy groups -OCH3 is 1. The minimum atomic E-state index is -0.466. The van der Waals surface area contributed by atoms with Gasteiger partial charge in [-0.1, -0.05) is 6.07 Å². The largest absolute Gasteiger partial charge is 0.497 e. The number of nitro groups is 1. The second-order valence-corrected chi connectivity index (χ2v) is 7.98. The number of thiophene rings is 1. The molecule has 1 aromatic carbocycles. The summed E-state index contributed by atoms with van der Waals surface area (Å²) in [6.45, 7) is 0.842. The lowest BCUT2D eigenvalue weighted by molar-refractivity contribution is -0.383. The van der Waals surface area contributed by atoms with Crippen molar-refractivity contribution < 1.29 is 19.2 Å². The van der Waals surface area contributed by atoms with Crippen molar-refractivity contribution in [3.8, 4) is 27.4 Å². The molecule has 0 saturated heterocycles. The Kier molecular flexibility index (Phi) is 8.03. The normalized spacial score (nSPS) is 10.5. The predicted molar refractivity (Wildman–Crippen MR) is 127 cm³/mol. The van der Waals surface area contributed by atoms with Crippen LogP contribution in [0.25, 0.3) is 21.7 Å². The number of urea groups is 1. The fourth-order valence-corrected chi connectivity index (χ4v) is 4.08. The fraction of sp³-hybridized carbons (Fsp3) is 0.273. The molecule has 0 aliphatic carbocycles. The van der Waals surface area contributed by atoms with Gasteiger partial charge in [0.2, 0.25) is 0 Å². The molecule has 3 rings (SSSR count). The molecule has 0 aliphatic rings. The Morgan fingerprint density at radius 2 is 1.82 bits per heavy atom. The summed E-state index contributed by atoms with van der Waals surface area (Å²) in [7, 11) is 3.08. The van der Waals surface area contributed by atoms with Gasteiger partial charge in [0.1, 0.15) is 22.7 Å². The van der Waals surface area contributed by atoms with Gasteiger partial charge >= 0.3 is 11.7 Å². The first-order chi connectivity index (χ1) is 16.0. The number of unbranched alkanes of at least 4 members (excludes halogenated alkanes) is 1. The minimum absolute atomic E-state index is 0.137. The number of aromatic amines is 1. The molecule has 3 amide bonds. The Morgan fingerprint density at radius 1 is 1.12 bits per heavy atom. The molecule has 0 fully saturated rings. The summed E-state index contributed by atoms with van der Waals surface area (Å²) >= 11 is 1.32. The molecule has 0 bridgehead atoms. The summed E-state index contributed by atoms with van der Waals surface area (Å²) in [5.74, 6) is 0.191. The van der Waals surface area contributed by atoms with Crippen LogP contribution < -0.4 is 20.7 Å². The number of benzene rings is 1. The van der Waals surface area contributed by atoms with Crippen LogP contribution in [0.1, 0.15) is 23.3 Å². The van der Waals surface area contributed by atoms with Gasteiger partial charge in [-0.15, -0.1) is 11.3 Å². The van der Waals surface area contributed by atoms with E-state index in [9.17, 15) is 19.7 Å². The number of nitrogens with zero attached hydrogens (tertiary/aromatic N) is 1. The SMILES string of the molecule is CNC(=O)NCCCCNC(=O)c1[nH]c(-c2ccc(OC)cc2)c([N+](=O)[O-])c1-c1cccs1. The summed E-state index contributed by atoms with van der Waals surface area (Å²) in [5, 5.41) is 21.8. The standard InChI is InChI=1S/C22H25N5O5S/c1-23-22(29)25-12-4-3-11-24-21(28)19-17(16-6-5-13-33-16)20(27(30)31)18(26-19)14-7-9-15(32-2)10-8-14/h5-10,13,26H,3-4,11-12H2,1-2H3,(H,24,28)(H2,23,25,29). The number of rotatable bonds is 10. The van der Waals surface area contributed by atoms with Gasteiger partial charge in [0.15, 0.2) is 0 Å². The third-order valence-corrected chi connectivity index (χ3v) is 5.82. The van der Waals surface area contributed by atoms with Crippen molar-refractivity contribution in [3.63, 3.8) is 0 Å². The maximum absolute atomic E-state index is 13.0. The lowest BCUT2D eigenvalue weighted by Crippen LogP contribution is -2.33. The Morgan fingerprint density at radius 3 is 2.39 bits per heavy atom. The molecule has 0 radical (unpaired) electrons. The first-order valence-corrected chi connectivity index (χ1v) is 11.2. The zero-order chi connectivity index (χ0) is 23.8. The molecule has 0 unspecified atom stereocenters. The molecule has 174 valence electrons. The molecule has 3 aromatic rings. The van der Waals surface area contributed by atoms with Crippen molar-refractivity contribution in [2.24, 2.45) is 0 Å². The number of nitrogens with one attached hydrogen (secondary N) is 4. The van der Waals surface area contributed by atoms with Gasteiger partial charge in [0.25, 0.3) is 5.91 Å². The number of H-pyrrole nitrogens is 1. The number of ether oxygens (including phenoxy) is 1. The highest BCUT2D eigenvalue weighted by Gasteiger charge is 2.32. The highest BCUT2D eigenvalue weighted by atomic mass is 32.1. The average molecular weight is 472 g/mol. The molecular formula is C22H25N5O5S. The van der Waals surface area contributed by atoms with E-state index in [1.807, 2.05) is 0 Å². The number of carbonyl (C=O) groups is 2. The third kappa shape index (κ3) is 5.69. The Bertz CT molecular complexity index is 1110. The molecule has 0 spiro atoms. The number of hydrogen-bond donors (Lipinski definition) is 4.